The van der Waals surface area contributed by atoms with Gasteiger partial charge in [0.1, 0.15) is 0 Å². The molecule has 3 aromatic carbocycles. The van der Waals surface area contributed by atoms with Crippen LogP contribution >= 0.6 is 34.8 Å². The lowest BCUT2D eigenvalue weighted by Crippen LogP contribution is -2.43. The minimum Gasteiger partial charge on any atom is -0.314 e. The Hall–Kier alpha value is -3.27. The molecule has 0 spiro atoms. The maximum Gasteiger partial charge on any atom is 0.416 e. The van der Waals surface area contributed by atoms with Crippen molar-refractivity contribution >= 4 is 69.6 Å². The summed E-state index contributed by atoms with van der Waals surface area (Å²) in [4.78, 5) is 34.0. The molecule has 0 N–H and O–H groups in total. The molecule has 3 amide bonds. The maximum atomic E-state index is 13.5. The largest absolute Gasteiger partial charge is 0.416 e. The summed E-state index contributed by atoms with van der Waals surface area (Å²) in [6.07, 6.45) is -6.10. The molecule has 1 aliphatic rings. The summed E-state index contributed by atoms with van der Waals surface area (Å²) in [7, 11) is 1.19. The fourth-order valence-corrected chi connectivity index (χ4v) is 4.63. The molecule has 3 aromatic rings. The number of benzene rings is 3. The van der Waals surface area contributed by atoms with Crippen LogP contribution in [0.15, 0.2) is 77.8 Å². The van der Waals surface area contributed by atoms with Crippen LogP contribution in [0.1, 0.15) is 16.7 Å². The van der Waals surface area contributed by atoms with Gasteiger partial charge in [0.25, 0.3) is 5.91 Å². The number of amides is 3. The van der Waals surface area contributed by atoms with Crippen molar-refractivity contribution in [3.05, 3.63) is 89.5 Å². The summed E-state index contributed by atoms with van der Waals surface area (Å²) in [5.74, 6) is -1.36. The van der Waals surface area contributed by atoms with Crippen LogP contribution in [0.25, 0.3) is 0 Å². The van der Waals surface area contributed by atoms with Crippen LogP contribution in [0.2, 0.25) is 0 Å². The summed E-state index contributed by atoms with van der Waals surface area (Å²) >= 11 is 19.4. The highest BCUT2D eigenvalue weighted by molar-refractivity contribution is 6.68. The number of hydrogen-bond acceptors (Lipinski definition) is 4. The summed E-state index contributed by atoms with van der Waals surface area (Å²) in [6, 6.07) is 17.6. The predicted octanol–water partition coefficient (Wildman–Crippen LogP) is 7.65. The molecule has 6 nitrogen and oxygen atoms in total. The van der Waals surface area contributed by atoms with Crippen molar-refractivity contribution in [1.29, 1.82) is 0 Å². The van der Waals surface area contributed by atoms with Gasteiger partial charge in [0.2, 0.25) is 9.63 Å². The van der Waals surface area contributed by atoms with E-state index in [0.717, 1.165) is 39.1 Å². The highest BCUT2D eigenvalue weighted by atomic mass is 35.6. The third-order valence-electron chi connectivity index (χ3n) is 6.15. The van der Waals surface area contributed by atoms with Gasteiger partial charge in [-0.1, -0.05) is 77.3 Å². The van der Waals surface area contributed by atoms with Crippen LogP contribution in [0, 0.1) is 13.8 Å². The second kappa shape index (κ2) is 10.7. The molecule has 0 bridgehead atoms. The zero-order chi connectivity index (χ0) is 28.7. The Bertz CT molecular complexity index is 1410. The topological polar surface area (TPSA) is 56.2 Å². The Morgan fingerprint density at radius 2 is 1.38 bits per heavy atom. The number of aryl methyl sites for hydroxylation is 2. The van der Waals surface area contributed by atoms with Gasteiger partial charge < -0.3 is 4.90 Å². The minimum absolute atomic E-state index is 0.215. The minimum atomic E-state index is -4.68. The van der Waals surface area contributed by atoms with Gasteiger partial charge in [-0.25, -0.2) is 14.7 Å². The lowest BCUT2D eigenvalue weighted by Gasteiger charge is -2.37. The molecule has 204 valence electrons. The monoisotopic (exact) mass is 596 g/mol. The Balaban J connectivity index is 1.97. The van der Waals surface area contributed by atoms with E-state index >= 15 is 0 Å². The summed E-state index contributed by atoms with van der Waals surface area (Å²) in [6.45, 7) is 3.69. The molecular formula is C27H22Cl3F3N4O2. The number of aliphatic imine (C=N–C) groups is 1. The van der Waals surface area contributed by atoms with Crippen molar-refractivity contribution in [2.24, 2.45) is 4.99 Å². The third kappa shape index (κ3) is 5.71. The number of urea groups is 1. The van der Waals surface area contributed by atoms with Crippen molar-refractivity contribution in [3.8, 4) is 0 Å². The lowest BCUT2D eigenvalue weighted by atomic mass is 10.1. The quantitative estimate of drug-likeness (QED) is 0.224. The van der Waals surface area contributed by atoms with E-state index in [1.165, 1.54) is 13.1 Å². The van der Waals surface area contributed by atoms with Gasteiger partial charge in [-0.3, -0.25) is 9.69 Å². The molecule has 0 radical (unpaired) electrons. The molecule has 1 heterocycles. The van der Waals surface area contributed by atoms with Crippen molar-refractivity contribution in [2.45, 2.75) is 30.0 Å². The van der Waals surface area contributed by atoms with Gasteiger partial charge in [-0.2, -0.15) is 13.2 Å². The van der Waals surface area contributed by atoms with Gasteiger partial charge in [-0.15, -0.1) is 0 Å². The number of alkyl halides is 6. The number of nitrogens with zero attached hydrogens (tertiary/aromatic N) is 4. The number of likely N-dealkylation sites (N-methyl/N-ethyl adjacent to an activating group) is 1. The van der Waals surface area contributed by atoms with Crippen molar-refractivity contribution in [3.63, 3.8) is 0 Å². The third-order valence-corrected chi connectivity index (χ3v) is 6.74. The molecule has 1 fully saturated rings. The average Bonchev–Trinajstić information content (AvgIpc) is 3.08. The normalized spacial score (nSPS) is 16.3. The molecule has 0 aliphatic carbocycles. The molecule has 0 saturated carbocycles. The van der Waals surface area contributed by atoms with E-state index < -0.39 is 39.5 Å². The van der Waals surface area contributed by atoms with E-state index in [2.05, 4.69) is 4.99 Å². The maximum absolute atomic E-state index is 13.5. The highest BCUT2D eigenvalue weighted by Crippen LogP contribution is 2.43. The summed E-state index contributed by atoms with van der Waals surface area (Å²) in [5.41, 5.74) is 1.56. The summed E-state index contributed by atoms with van der Waals surface area (Å²) in [5, 5.41) is 0. The summed E-state index contributed by atoms with van der Waals surface area (Å²) < 4.78 is 38.2. The Labute approximate surface area is 238 Å². The smallest absolute Gasteiger partial charge is 0.314 e. The zero-order valence-electron chi connectivity index (χ0n) is 20.9. The van der Waals surface area contributed by atoms with E-state index in [-0.39, 0.29) is 5.69 Å². The molecule has 1 unspecified atom stereocenters. The molecule has 1 aliphatic heterocycles. The molecule has 1 atom stereocenters. The first-order valence-corrected chi connectivity index (χ1v) is 12.7. The van der Waals surface area contributed by atoms with E-state index in [9.17, 15) is 22.8 Å². The van der Waals surface area contributed by atoms with Crippen LogP contribution in [0.3, 0.4) is 0 Å². The van der Waals surface area contributed by atoms with Crippen molar-refractivity contribution < 1.29 is 22.8 Å². The fraction of sp³-hybridized carbons (Fsp3) is 0.222. The lowest BCUT2D eigenvalue weighted by molar-refractivity contribution is -0.137. The Kier molecular flexibility index (Phi) is 7.89. The van der Waals surface area contributed by atoms with Crippen LogP contribution in [-0.2, 0) is 11.0 Å². The van der Waals surface area contributed by atoms with Gasteiger partial charge in [0.15, 0.2) is 6.17 Å². The van der Waals surface area contributed by atoms with Crippen LogP contribution in [-0.4, -0.2) is 39.7 Å². The Morgan fingerprint density at radius 3 is 1.87 bits per heavy atom. The number of amidine groups is 1. The van der Waals surface area contributed by atoms with Crippen LogP contribution in [0.4, 0.5) is 35.0 Å². The first-order valence-electron chi connectivity index (χ1n) is 11.6. The molecular weight excluding hydrogens is 576 g/mol. The number of halogens is 6. The fourth-order valence-electron chi connectivity index (χ4n) is 4.19. The van der Waals surface area contributed by atoms with Gasteiger partial charge in [0.05, 0.1) is 11.3 Å². The predicted molar refractivity (Wildman–Crippen MR) is 148 cm³/mol. The number of rotatable bonds is 5. The first kappa shape index (κ1) is 28.7. The van der Waals surface area contributed by atoms with E-state index in [0.29, 0.717) is 11.4 Å². The SMILES string of the molecule is Cc1ccccc1N(c1ccccc1C)C(/N=C1\C(=O)N(C)C(=O)N1c1cccc(C(F)(F)F)c1)C(Cl)(Cl)Cl. The zero-order valence-corrected chi connectivity index (χ0v) is 23.1. The van der Waals surface area contributed by atoms with E-state index in [1.54, 1.807) is 29.2 Å². The Morgan fingerprint density at radius 1 is 0.846 bits per heavy atom. The van der Waals surface area contributed by atoms with Gasteiger partial charge in [-0.05, 0) is 55.3 Å². The average molecular weight is 598 g/mol. The number of carbonyl (C=O) groups is 2. The second-order valence-electron chi connectivity index (χ2n) is 8.84. The van der Waals surface area contributed by atoms with Gasteiger partial charge >= 0.3 is 12.2 Å². The first-order chi connectivity index (χ1) is 18.2. The van der Waals surface area contributed by atoms with Crippen LogP contribution in [0.5, 0.6) is 0 Å². The number of carbonyl (C=O) groups excluding carboxylic acids is 2. The van der Waals surface area contributed by atoms with Crippen molar-refractivity contribution in [1.82, 2.24) is 4.90 Å². The number of anilines is 3. The number of para-hydroxylation sites is 2. The highest BCUT2D eigenvalue weighted by Gasteiger charge is 2.46. The van der Waals surface area contributed by atoms with Crippen LogP contribution < -0.4 is 9.80 Å². The van der Waals surface area contributed by atoms with Gasteiger partial charge in [0, 0.05) is 18.4 Å². The standard InChI is InChI=1S/C27H22Cl3F3N4O2/c1-16-9-4-6-13-20(16)37(21-14-7-5-10-17(21)2)24(26(28,29)30)34-22-23(38)35(3)25(39)36(22)19-12-8-11-18(15-19)27(31,32)33/h4-15,24H,1-3H3/b34-22+. The number of imide groups is 1. The molecule has 1 saturated heterocycles. The molecule has 0 aromatic heterocycles. The number of hydrogen-bond donors (Lipinski definition) is 0. The van der Waals surface area contributed by atoms with Crippen molar-refractivity contribution in [2.75, 3.05) is 16.8 Å². The van der Waals surface area contributed by atoms with E-state index in [1.807, 2.05) is 38.1 Å². The second-order valence-corrected chi connectivity index (χ2v) is 11.2. The molecule has 4 rings (SSSR count). The molecule has 39 heavy (non-hydrogen) atoms. The molecule has 12 heteroatoms. The van der Waals surface area contributed by atoms with E-state index in [4.69, 9.17) is 34.8 Å².